The maximum absolute atomic E-state index is 11.0. The van der Waals surface area contributed by atoms with Crippen molar-refractivity contribution < 1.29 is 4.79 Å². The number of nitroso groups, excluding NO2 is 1. The lowest BCUT2D eigenvalue weighted by atomic mass is 10.2. The fourth-order valence-corrected chi connectivity index (χ4v) is 5.67. The highest BCUT2D eigenvalue weighted by Gasteiger charge is 2.27. The van der Waals surface area contributed by atoms with Crippen LogP contribution in [-0.2, 0) is 4.79 Å². The Bertz CT molecular complexity index is 1650. The van der Waals surface area contributed by atoms with E-state index in [0.717, 1.165) is 58.4 Å². The molecule has 2 N–H and O–H groups in total. The number of hydrogen-bond acceptors (Lipinski definition) is 9. The van der Waals surface area contributed by atoms with E-state index in [0.29, 0.717) is 37.9 Å². The molecule has 6 heterocycles. The van der Waals surface area contributed by atoms with Crippen molar-refractivity contribution in [1.29, 1.82) is 0 Å². The molecule has 0 bridgehead atoms. The average Bonchev–Trinajstić information content (AvgIpc) is 3.61. The van der Waals surface area contributed by atoms with Crippen molar-refractivity contribution in [2.45, 2.75) is 38.5 Å². The molecule has 1 saturated carbocycles. The minimum atomic E-state index is -0.0828. The van der Waals surface area contributed by atoms with Gasteiger partial charge in [-0.3, -0.25) is 14.4 Å². The standard InChI is InChI=1S/C24H25N7.C7H11N3O2/c1-15-13-17(14-27-22(15)30-11-2-3-12-30)31-23(18-5-4-10-26-21(18)25)29-20-9-8-19(16-6-7-16)28-24(20)31;1-2-7(11)9-3-5-10(8-12)6-4-9/h4-5,8-10,13-14,16H,2-3,6-7,11-12H2,1H3,(H2,25,26);2H,1,3-6H2. The Morgan fingerprint density at radius 1 is 1.05 bits per heavy atom. The van der Waals surface area contributed by atoms with E-state index in [9.17, 15) is 9.70 Å². The number of aromatic nitrogens is 5. The van der Waals surface area contributed by atoms with Gasteiger partial charge in [-0.1, -0.05) is 6.58 Å². The molecule has 0 unspecified atom stereocenters. The highest BCUT2D eigenvalue weighted by Crippen LogP contribution is 2.40. The first-order valence-electron chi connectivity index (χ1n) is 14.8. The maximum atomic E-state index is 11.0. The number of fused-ring (bicyclic) bond motifs is 1. The van der Waals surface area contributed by atoms with E-state index < -0.39 is 0 Å². The maximum Gasteiger partial charge on any atom is 0.246 e. The molecule has 222 valence electrons. The van der Waals surface area contributed by atoms with Crippen LogP contribution < -0.4 is 10.6 Å². The first-order valence-corrected chi connectivity index (χ1v) is 14.8. The third-order valence-corrected chi connectivity index (χ3v) is 8.16. The molecule has 0 aromatic carbocycles. The van der Waals surface area contributed by atoms with E-state index in [2.05, 4.69) is 51.4 Å². The van der Waals surface area contributed by atoms with Crippen molar-refractivity contribution in [1.82, 2.24) is 34.4 Å². The summed E-state index contributed by atoms with van der Waals surface area (Å²) >= 11 is 0. The van der Waals surface area contributed by atoms with Crippen LogP contribution in [0.2, 0.25) is 0 Å². The Kier molecular flexibility index (Phi) is 7.99. The number of pyridine rings is 3. The summed E-state index contributed by atoms with van der Waals surface area (Å²) in [5, 5.41) is 4.20. The highest BCUT2D eigenvalue weighted by molar-refractivity contribution is 5.87. The largest absolute Gasteiger partial charge is 0.383 e. The van der Waals surface area contributed by atoms with Gasteiger partial charge < -0.3 is 15.5 Å². The number of nitrogens with zero attached hydrogens (tertiary/aromatic N) is 9. The number of carbonyl (C=O) groups is 1. The monoisotopic (exact) mass is 580 g/mol. The van der Waals surface area contributed by atoms with Gasteiger partial charge in [-0.15, -0.1) is 4.91 Å². The van der Waals surface area contributed by atoms with Crippen LogP contribution in [0.25, 0.3) is 28.2 Å². The first-order chi connectivity index (χ1) is 21.0. The van der Waals surface area contributed by atoms with E-state index in [-0.39, 0.29) is 5.91 Å². The number of imidazole rings is 1. The van der Waals surface area contributed by atoms with Gasteiger partial charge in [-0.05, 0) is 74.6 Å². The number of rotatable bonds is 6. The summed E-state index contributed by atoms with van der Waals surface area (Å²) in [6, 6.07) is 10.2. The molecule has 12 heteroatoms. The molecule has 0 spiro atoms. The third-order valence-electron chi connectivity index (χ3n) is 8.16. The molecule has 2 aliphatic heterocycles. The molecule has 0 radical (unpaired) electrons. The molecule has 3 fully saturated rings. The van der Waals surface area contributed by atoms with Crippen LogP contribution in [0.15, 0.2) is 60.7 Å². The van der Waals surface area contributed by atoms with Gasteiger partial charge in [0.2, 0.25) is 5.91 Å². The lowest BCUT2D eigenvalue weighted by molar-refractivity contribution is -0.127. The highest BCUT2D eigenvalue weighted by atomic mass is 16.3. The van der Waals surface area contributed by atoms with Crippen LogP contribution in [0, 0.1) is 11.8 Å². The fraction of sp³-hybridized carbons (Fsp3) is 0.387. The van der Waals surface area contributed by atoms with Gasteiger partial charge in [-0.25, -0.2) is 19.9 Å². The van der Waals surface area contributed by atoms with Gasteiger partial charge in [0, 0.05) is 44.0 Å². The van der Waals surface area contributed by atoms with Crippen LogP contribution in [0.1, 0.15) is 42.9 Å². The van der Waals surface area contributed by atoms with Crippen LogP contribution in [0.3, 0.4) is 0 Å². The summed E-state index contributed by atoms with van der Waals surface area (Å²) in [5.41, 5.74) is 12.0. The molecule has 7 rings (SSSR count). The Morgan fingerprint density at radius 2 is 1.81 bits per heavy atom. The number of carbonyl (C=O) groups excluding carboxylic acids is 1. The van der Waals surface area contributed by atoms with Crippen molar-refractivity contribution in [3.63, 3.8) is 0 Å². The van der Waals surface area contributed by atoms with Gasteiger partial charge in [-0.2, -0.15) is 0 Å². The van der Waals surface area contributed by atoms with Gasteiger partial charge in [0.25, 0.3) is 0 Å². The number of anilines is 2. The second-order valence-electron chi connectivity index (χ2n) is 11.2. The van der Waals surface area contributed by atoms with Crippen molar-refractivity contribution in [2.75, 3.05) is 49.9 Å². The number of piperazine rings is 1. The Morgan fingerprint density at radius 3 is 2.47 bits per heavy atom. The molecule has 43 heavy (non-hydrogen) atoms. The van der Waals surface area contributed by atoms with Gasteiger partial charge in [0.15, 0.2) is 11.5 Å². The summed E-state index contributed by atoms with van der Waals surface area (Å²) < 4.78 is 2.09. The molecule has 4 aromatic rings. The zero-order chi connectivity index (χ0) is 29.9. The Hall–Kier alpha value is -4.87. The SMILES string of the molecule is C=CC(=O)N1CCN(N=O)CC1.Cc1cc(-n2c(-c3cccnc3N)nc3ccc(C4CC4)nc32)cnc1N1CCCC1. The number of nitrogens with two attached hydrogens (primary N) is 1. The van der Waals surface area contributed by atoms with Gasteiger partial charge >= 0.3 is 0 Å². The van der Waals surface area contributed by atoms with E-state index >= 15 is 0 Å². The molecule has 4 aromatic heterocycles. The van der Waals surface area contributed by atoms with E-state index in [1.54, 1.807) is 11.1 Å². The van der Waals surface area contributed by atoms with Crippen molar-refractivity contribution in [3.8, 4) is 17.1 Å². The lowest BCUT2D eigenvalue weighted by Gasteiger charge is -2.30. The predicted octanol–water partition coefficient (Wildman–Crippen LogP) is 4.24. The van der Waals surface area contributed by atoms with Crippen molar-refractivity contribution in [3.05, 3.63) is 71.5 Å². The first kappa shape index (κ1) is 28.3. The molecule has 1 aliphatic carbocycles. The Labute approximate surface area is 250 Å². The number of amides is 1. The van der Waals surface area contributed by atoms with E-state index in [1.807, 2.05) is 18.3 Å². The number of aryl methyl sites for hydroxylation is 1. The molecule has 1 amide bonds. The van der Waals surface area contributed by atoms with Crippen LogP contribution in [-0.4, -0.2) is 79.6 Å². The molecular weight excluding hydrogens is 544 g/mol. The summed E-state index contributed by atoms with van der Waals surface area (Å²) in [7, 11) is 0. The summed E-state index contributed by atoms with van der Waals surface area (Å²) in [5.74, 6) is 2.76. The summed E-state index contributed by atoms with van der Waals surface area (Å²) in [6.45, 7) is 9.80. The number of nitrogen functional groups attached to an aromatic ring is 1. The lowest BCUT2D eigenvalue weighted by Crippen LogP contribution is -2.46. The van der Waals surface area contributed by atoms with E-state index in [1.165, 1.54) is 36.8 Å². The molecule has 0 atom stereocenters. The van der Waals surface area contributed by atoms with Crippen molar-refractivity contribution in [2.24, 2.45) is 5.29 Å². The van der Waals surface area contributed by atoms with Crippen molar-refractivity contribution >= 4 is 28.7 Å². The average molecular weight is 581 g/mol. The minimum Gasteiger partial charge on any atom is -0.383 e. The van der Waals surface area contributed by atoms with Gasteiger partial charge in [0.1, 0.15) is 17.2 Å². The predicted molar refractivity (Wildman–Crippen MR) is 167 cm³/mol. The zero-order valence-corrected chi connectivity index (χ0v) is 24.4. The molecule has 3 aliphatic rings. The second kappa shape index (κ2) is 12.2. The van der Waals surface area contributed by atoms with Gasteiger partial charge in [0.05, 0.1) is 35.8 Å². The minimum absolute atomic E-state index is 0.0828. The van der Waals surface area contributed by atoms with Crippen LogP contribution in [0.5, 0.6) is 0 Å². The second-order valence-corrected chi connectivity index (χ2v) is 11.2. The molecule has 12 nitrogen and oxygen atoms in total. The van der Waals surface area contributed by atoms with Crippen LogP contribution in [0.4, 0.5) is 11.6 Å². The smallest absolute Gasteiger partial charge is 0.246 e. The molecule has 2 saturated heterocycles. The third kappa shape index (κ3) is 5.90. The fourth-order valence-electron chi connectivity index (χ4n) is 5.67. The Balaban J connectivity index is 0.000000232. The molecular formula is C31H36N10O2. The van der Waals surface area contributed by atoms with E-state index in [4.69, 9.17) is 20.7 Å². The summed E-state index contributed by atoms with van der Waals surface area (Å²) in [4.78, 5) is 44.2. The topological polar surface area (TPSA) is 139 Å². The van der Waals surface area contributed by atoms with Crippen LogP contribution >= 0.6 is 0 Å². The quantitative estimate of drug-likeness (QED) is 0.262. The number of hydrogen-bond donors (Lipinski definition) is 1. The normalized spacial score (nSPS) is 16.6. The summed E-state index contributed by atoms with van der Waals surface area (Å²) in [6.07, 6.45) is 9.79. The zero-order valence-electron chi connectivity index (χ0n) is 24.4.